The van der Waals surface area contributed by atoms with E-state index in [-0.39, 0.29) is 0 Å². The van der Waals surface area contributed by atoms with E-state index in [0.29, 0.717) is 0 Å². The van der Waals surface area contributed by atoms with Gasteiger partial charge in [0.15, 0.2) is 0 Å². The van der Waals surface area contributed by atoms with Crippen molar-refractivity contribution in [3.8, 4) is 0 Å². The average Bonchev–Trinajstić information content (AvgIpc) is 2.86. The van der Waals surface area contributed by atoms with Crippen LogP contribution in [-0.2, 0) is 13.1 Å². The molecule has 0 atom stereocenters. The summed E-state index contributed by atoms with van der Waals surface area (Å²) in [4.78, 5) is 8.20. The monoisotopic (exact) mass is 414 g/mol. The minimum atomic E-state index is 0.772. The smallest absolute Gasteiger partial charge is 0.0406 e. The van der Waals surface area contributed by atoms with Gasteiger partial charge in [0.05, 0.1) is 0 Å². The summed E-state index contributed by atoms with van der Waals surface area (Å²) >= 11 is 0. The van der Waals surface area contributed by atoms with Crippen LogP contribution in [-0.4, -0.2) is 9.97 Å². The first-order valence-corrected chi connectivity index (χ1v) is 10.8. The maximum atomic E-state index is 4.10. The fourth-order valence-electron chi connectivity index (χ4n) is 4.56. The Morgan fingerprint density at radius 1 is 0.469 bits per heavy atom. The van der Waals surface area contributed by atoms with E-state index in [1.165, 1.54) is 43.4 Å². The molecule has 0 saturated heterocycles. The molecule has 0 aliphatic carbocycles. The highest BCUT2D eigenvalue weighted by molar-refractivity contribution is 6.24. The number of hydrogen-bond acceptors (Lipinski definition) is 4. The Bertz CT molecular complexity index is 1390. The second kappa shape index (κ2) is 7.82. The zero-order chi connectivity index (χ0) is 21.3. The highest BCUT2D eigenvalue weighted by atomic mass is 14.9. The number of aromatic nitrogens is 2. The van der Waals surface area contributed by atoms with Crippen LogP contribution >= 0.6 is 0 Å². The molecule has 0 aliphatic rings. The quantitative estimate of drug-likeness (QED) is 0.302. The third kappa shape index (κ3) is 3.26. The Labute approximate surface area is 186 Å². The zero-order valence-corrected chi connectivity index (χ0v) is 17.5. The molecule has 2 N–H and O–H groups in total. The third-order valence-corrected chi connectivity index (χ3v) is 6.17. The van der Waals surface area contributed by atoms with Crippen molar-refractivity contribution in [2.45, 2.75) is 13.1 Å². The molecule has 0 unspecified atom stereocenters. The van der Waals surface area contributed by atoms with Crippen LogP contribution in [0.5, 0.6) is 0 Å². The van der Waals surface area contributed by atoms with Gasteiger partial charge in [-0.15, -0.1) is 0 Å². The fraction of sp³-hybridized carbons (Fsp3) is 0.0714. The van der Waals surface area contributed by atoms with Gasteiger partial charge < -0.3 is 10.6 Å². The van der Waals surface area contributed by atoms with Crippen LogP contribution in [0.3, 0.4) is 0 Å². The molecule has 0 amide bonds. The number of nitrogens with zero attached hydrogens (tertiary/aromatic N) is 2. The summed E-state index contributed by atoms with van der Waals surface area (Å²) in [6, 6.07) is 26.0. The average molecular weight is 415 g/mol. The Hall–Kier alpha value is -4.18. The molecule has 0 spiro atoms. The lowest BCUT2D eigenvalue weighted by Crippen LogP contribution is -2.02. The largest absolute Gasteiger partial charge is 0.381 e. The minimum absolute atomic E-state index is 0.772. The van der Waals surface area contributed by atoms with Crippen molar-refractivity contribution in [2.75, 3.05) is 10.6 Å². The first-order valence-electron chi connectivity index (χ1n) is 10.8. The summed E-state index contributed by atoms with van der Waals surface area (Å²) in [5.41, 5.74) is 4.75. The van der Waals surface area contributed by atoms with Crippen LogP contribution in [0.1, 0.15) is 11.1 Å². The standard InChI is InChI=1S/C28H22N4/c1-3-21(17-31-23-9-13-29-14-10-23)25-8-6-20-2-4-22(18-32-24-11-15-30-16-12-24)26-7-5-19(1)27(25)28(20)26/h1-16H,17-18H2,(H,29,31)(H,30,32). The Balaban J connectivity index is 1.43. The molecule has 4 heteroatoms. The highest BCUT2D eigenvalue weighted by Gasteiger charge is 2.13. The van der Waals surface area contributed by atoms with Crippen LogP contribution in [0.15, 0.2) is 97.6 Å². The van der Waals surface area contributed by atoms with Crippen molar-refractivity contribution < 1.29 is 0 Å². The van der Waals surface area contributed by atoms with Gasteiger partial charge in [-0.1, -0.05) is 48.5 Å². The normalized spacial score (nSPS) is 11.4. The molecular weight excluding hydrogens is 392 g/mol. The molecule has 0 fully saturated rings. The van der Waals surface area contributed by atoms with E-state index in [1.54, 1.807) is 0 Å². The maximum Gasteiger partial charge on any atom is 0.0406 e. The van der Waals surface area contributed by atoms with Gasteiger partial charge in [-0.05, 0) is 67.7 Å². The second-order valence-corrected chi connectivity index (χ2v) is 8.05. The van der Waals surface area contributed by atoms with Gasteiger partial charge in [0.2, 0.25) is 0 Å². The third-order valence-electron chi connectivity index (χ3n) is 6.17. The number of anilines is 2. The molecule has 0 saturated carbocycles. The lowest BCUT2D eigenvalue weighted by molar-refractivity contribution is 1.16. The molecule has 0 bridgehead atoms. The summed E-state index contributed by atoms with van der Waals surface area (Å²) < 4.78 is 0. The van der Waals surface area contributed by atoms with Gasteiger partial charge in [0.25, 0.3) is 0 Å². The van der Waals surface area contributed by atoms with E-state index >= 15 is 0 Å². The Morgan fingerprint density at radius 2 is 0.875 bits per heavy atom. The molecule has 0 radical (unpaired) electrons. The summed E-state index contributed by atoms with van der Waals surface area (Å²) in [6.07, 6.45) is 7.25. The van der Waals surface area contributed by atoms with Crippen molar-refractivity contribution in [1.29, 1.82) is 0 Å². The molecule has 6 rings (SSSR count). The van der Waals surface area contributed by atoms with Crippen molar-refractivity contribution in [1.82, 2.24) is 9.97 Å². The predicted molar refractivity (Wildman–Crippen MR) is 133 cm³/mol. The number of nitrogens with one attached hydrogen (secondary N) is 2. The number of pyridine rings is 2. The fourth-order valence-corrected chi connectivity index (χ4v) is 4.56. The summed E-state index contributed by atoms with van der Waals surface area (Å²) in [5, 5.41) is 14.9. The molecule has 0 aliphatic heterocycles. The van der Waals surface area contributed by atoms with Crippen LogP contribution < -0.4 is 10.6 Å². The van der Waals surface area contributed by atoms with E-state index in [0.717, 1.165) is 24.5 Å². The molecule has 4 aromatic carbocycles. The van der Waals surface area contributed by atoms with E-state index < -0.39 is 0 Å². The topological polar surface area (TPSA) is 49.8 Å². The van der Waals surface area contributed by atoms with Crippen molar-refractivity contribution in [3.05, 3.63) is 109 Å². The van der Waals surface area contributed by atoms with Gasteiger partial charge in [-0.2, -0.15) is 0 Å². The van der Waals surface area contributed by atoms with Crippen molar-refractivity contribution in [2.24, 2.45) is 0 Å². The van der Waals surface area contributed by atoms with Gasteiger partial charge in [0.1, 0.15) is 0 Å². The zero-order valence-electron chi connectivity index (χ0n) is 17.5. The van der Waals surface area contributed by atoms with Gasteiger partial charge >= 0.3 is 0 Å². The molecule has 6 aromatic rings. The van der Waals surface area contributed by atoms with Crippen LogP contribution in [0.25, 0.3) is 32.3 Å². The van der Waals surface area contributed by atoms with Gasteiger partial charge in [-0.3, -0.25) is 9.97 Å². The Morgan fingerprint density at radius 3 is 1.31 bits per heavy atom. The van der Waals surface area contributed by atoms with Crippen LogP contribution in [0, 0.1) is 0 Å². The maximum absolute atomic E-state index is 4.10. The SMILES string of the molecule is c1cc(NCc2ccc3ccc4c(CNc5ccncc5)ccc5ccc2c3c54)ccn1. The highest BCUT2D eigenvalue weighted by Crippen LogP contribution is 2.37. The van der Waals surface area contributed by atoms with Crippen molar-refractivity contribution in [3.63, 3.8) is 0 Å². The summed E-state index contributed by atoms with van der Waals surface area (Å²) in [5.74, 6) is 0. The molecule has 2 aromatic heterocycles. The molecule has 32 heavy (non-hydrogen) atoms. The van der Waals surface area contributed by atoms with E-state index in [1.807, 2.05) is 49.1 Å². The predicted octanol–water partition coefficient (Wildman–Crippen LogP) is 6.60. The number of hydrogen-bond donors (Lipinski definition) is 2. The van der Waals surface area contributed by atoms with E-state index in [2.05, 4.69) is 69.1 Å². The lowest BCUT2D eigenvalue weighted by atomic mass is 9.90. The second-order valence-electron chi connectivity index (χ2n) is 8.05. The van der Waals surface area contributed by atoms with E-state index in [4.69, 9.17) is 0 Å². The summed E-state index contributed by atoms with van der Waals surface area (Å²) in [6.45, 7) is 1.54. The molecule has 4 nitrogen and oxygen atoms in total. The van der Waals surface area contributed by atoms with E-state index in [9.17, 15) is 0 Å². The molecule has 154 valence electrons. The summed E-state index contributed by atoms with van der Waals surface area (Å²) in [7, 11) is 0. The Kier molecular flexibility index (Phi) is 4.54. The minimum Gasteiger partial charge on any atom is -0.381 e. The number of rotatable bonds is 6. The van der Waals surface area contributed by atoms with Crippen LogP contribution in [0.4, 0.5) is 11.4 Å². The van der Waals surface area contributed by atoms with Gasteiger partial charge in [-0.25, -0.2) is 0 Å². The molecule has 2 heterocycles. The first-order chi connectivity index (χ1) is 15.9. The first kappa shape index (κ1) is 18.6. The van der Waals surface area contributed by atoms with Crippen molar-refractivity contribution >= 4 is 43.7 Å². The lowest BCUT2D eigenvalue weighted by Gasteiger charge is -2.17. The molecular formula is C28H22N4. The van der Waals surface area contributed by atoms with Crippen LogP contribution in [0.2, 0.25) is 0 Å². The number of benzene rings is 4. The van der Waals surface area contributed by atoms with Gasteiger partial charge in [0, 0.05) is 49.3 Å².